The molecule has 1 aliphatic heterocycles. The molecule has 0 bridgehead atoms. The molecule has 5 nitrogen and oxygen atoms in total. The Labute approximate surface area is 138 Å². The van der Waals surface area contributed by atoms with Crippen LogP contribution in [0.15, 0.2) is 36.5 Å². The Morgan fingerprint density at radius 3 is 2.65 bits per heavy atom. The quantitative estimate of drug-likeness (QED) is 0.939. The molecule has 118 valence electrons. The number of pyridine rings is 1. The number of hydrogen-bond donors (Lipinski definition) is 1. The summed E-state index contributed by atoms with van der Waals surface area (Å²) in [4.78, 5) is 29.7. The lowest BCUT2D eigenvalue weighted by Gasteiger charge is -2.29. The second-order valence-electron chi connectivity index (χ2n) is 5.46. The highest BCUT2D eigenvalue weighted by molar-refractivity contribution is 6.30. The second kappa shape index (κ2) is 6.38. The van der Waals surface area contributed by atoms with E-state index < -0.39 is 5.97 Å². The number of aromatic nitrogens is 1. The van der Waals surface area contributed by atoms with Crippen LogP contribution in [0.2, 0.25) is 5.02 Å². The number of halogens is 1. The Morgan fingerprint density at radius 1 is 1.22 bits per heavy atom. The molecule has 1 aliphatic rings. The molecule has 3 rings (SSSR count). The van der Waals surface area contributed by atoms with Crippen molar-refractivity contribution >= 4 is 23.5 Å². The summed E-state index contributed by atoms with van der Waals surface area (Å²) in [5.74, 6) is -1.02. The topological polar surface area (TPSA) is 70.5 Å². The Balaban J connectivity index is 1.77. The predicted octanol–water partition coefficient (Wildman–Crippen LogP) is 2.56. The molecule has 2 heterocycles. The first-order chi connectivity index (χ1) is 11.0. The first-order valence-electron chi connectivity index (χ1n) is 7.27. The van der Waals surface area contributed by atoms with Crippen LogP contribution in [0.4, 0.5) is 0 Å². The van der Waals surface area contributed by atoms with E-state index in [0.29, 0.717) is 23.6 Å². The minimum Gasteiger partial charge on any atom is -0.478 e. The molecule has 0 fully saturated rings. The molecule has 0 atom stereocenters. The van der Waals surface area contributed by atoms with Crippen molar-refractivity contribution in [3.63, 3.8) is 0 Å². The Kier molecular flexibility index (Phi) is 4.30. The molecule has 0 radical (unpaired) electrons. The molecule has 2 aromatic rings. The number of benzene rings is 1. The summed E-state index contributed by atoms with van der Waals surface area (Å²) < 4.78 is 0. The van der Waals surface area contributed by atoms with Gasteiger partial charge in [0.25, 0.3) is 0 Å². The Bertz CT molecular complexity index is 759. The van der Waals surface area contributed by atoms with Gasteiger partial charge >= 0.3 is 5.97 Å². The Morgan fingerprint density at radius 2 is 1.96 bits per heavy atom. The molecule has 0 saturated carbocycles. The van der Waals surface area contributed by atoms with Crippen molar-refractivity contribution in [1.82, 2.24) is 9.88 Å². The van der Waals surface area contributed by atoms with Gasteiger partial charge in [-0.2, -0.15) is 0 Å². The van der Waals surface area contributed by atoms with E-state index in [1.165, 1.54) is 12.3 Å². The summed E-state index contributed by atoms with van der Waals surface area (Å²) in [7, 11) is 0. The molecular formula is C17H15ClN2O3. The SMILES string of the molecule is O=C(O)c1ccnc2c1CN(C(=O)Cc1ccc(Cl)cc1)CC2. The van der Waals surface area contributed by atoms with Crippen molar-refractivity contribution in [2.75, 3.05) is 6.54 Å². The van der Waals surface area contributed by atoms with Crippen molar-refractivity contribution in [1.29, 1.82) is 0 Å². The lowest BCUT2D eigenvalue weighted by molar-refractivity contribution is -0.131. The van der Waals surface area contributed by atoms with Crippen LogP contribution in [0, 0.1) is 0 Å². The van der Waals surface area contributed by atoms with Gasteiger partial charge in [0.05, 0.1) is 12.0 Å². The van der Waals surface area contributed by atoms with E-state index in [9.17, 15) is 14.7 Å². The van der Waals surface area contributed by atoms with Crippen LogP contribution in [-0.2, 0) is 24.2 Å². The number of carbonyl (C=O) groups excluding carboxylic acids is 1. The van der Waals surface area contributed by atoms with Gasteiger partial charge in [-0.1, -0.05) is 23.7 Å². The lowest BCUT2D eigenvalue weighted by atomic mass is 9.99. The molecule has 0 saturated heterocycles. The number of carbonyl (C=O) groups is 2. The zero-order chi connectivity index (χ0) is 16.4. The molecular weight excluding hydrogens is 316 g/mol. The molecule has 23 heavy (non-hydrogen) atoms. The van der Waals surface area contributed by atoms with Gasteiger partial charge in [0, 0.05) is 42.0 Å². The summed E-state index contributed by atoms with van der Waals surface area (Å²) >= 11 is 5.84. The lowest BCUT2D eigenvalue weighted by Crippen LogP contribution is -2.38. The minimum atomic E-state index is -0.990. The van der Waals surface area contributed by atoms with E-state index in [-0.39, 0.29) is 24.4 Å². The summed E-state index contributed by atoms with van der Waals surface area (Å²) in [6.45, 7) is 0.840. The number of carboxylic acid groups (broad SMARTS) is 1. The standard InChI is InChI=1S/C17H15ClN2O3/c18-12-3-1-11(2-4-12)9-16(21)20-8-6-15-14(10-20)13(17(22)23)5-7-19-15/h1-5,7H,6,8-10H2,(H,22,23). The van der Waals surface area contributed by atoms with Gasteiger partial charge in [-0.15, -0.1) is 0 Å². The number of carboxylic acids is 1. The number of amides is 1. The third-order valence-corrected chi connectivity index (χ3v) is 4.22. The van der Waals surface area contributed by atoms with E-state index in [1.54, 1.807) is 17.0 Å². The van der Waals surface area contributed by atoms with Gasteiger partial charge in [0.15, 0.2) is 0 Å². The zero-order valence-corrected chi connectivity index (χ0v) is 13.1. The molecule has 0 unspecified atom stereocenters. The van der Waals surface area contributed by atoms with Gasteiger partial charge in [-0.3, -0.25) is 9.78 Å². The highest BCUT2D eigenvalue weighted by atomic mass is 35.5. The number of aromatic carboxylic acids is 1. The molecule has 6 heteroatoms. The third-order valence-electron chi connectivity index (χ3n) is 3.96. The molecule has 1 aromatic carbocycles. The number of nitrogens with zero attached hydrogens (tertiary/aromatic N) is 2. The first kappa shape index (κ1) is 15.5. The highest BCUT2D eigenvalue weighted by Gasteiger charge is 2.25. The third kappa shape index (κ3) is 3.35. The van der Waals surface area contributed by atoms with E-state index in [1.807, 2.05) is 12.1 Å². The van der Waals surface area contributed by atoms with Crippen LogP contribution in [0.25, 0.3) is 0 Å². The predicted molar refractivity (Wildman–Crippen MR) is 85.5 cm³/mol. The fraction of sp³-hybridized carbons (Fsp3) is 0.235. The summed E-state index contributed by atoms with van der Waals surface area (Å²) in [5.41, 5.74) is 2.50. The van der Waals surface area contributed by atoms with Gasteiger partial charge in [-0.05, 0) is 23.8 Å². The average Bonchev–Trinajstić information content (AvgIpc) is 2.55. The van der Waals surface area contributed by atoms with Crippen molar-refractivity contribution in [2.45, 2.75) is 19.4 Å². The monoisotopic (exact) mass is 330 g/mol. The maximum absolute atomic E-state index is 12.5. The van der Waals surface area contributed by atoms with Crippen molar-refractivity contribution in [3.8, 4) is 0 Å². The number of fused-ring (bicyclic) bond motifs is 1. The van der Waals surface area contributed by atoms with Gasteiger partial charge in [0.2, 0.25) is 5.91 Å². The van der Waals surface area contributed by atoms with Gasteiger partial charge in [-0.25, -0.2) is 4.79 Å². The van der Waals surface area contributed by atoms with Crippen molar-refractivity contribution < 1.29 is 14.7 Å². The first-order valence-corrected chi connectivity index (χ1v) is 7.64. The smallest absolute Gasteiger partial charge is 0.336 e. The average molecular weight is 331 g/mol. The molecule has 1 N–H and O–H groups in total. The van der Waals surface area contributed by atoms with Gasteiger partial charge in [0.1, 0.15) is 0 Å². The van der Waals surface area contributed by atoms with Crippen molar-refractivity contribution in [2.24, 2.45) is 0 Å². The molecule has 1 aromatic heterocycles. The van der Waals surface area contributed by atoms with Crippen LogP contribution in [-0.4, -0.2) is 33.4 Å². The van der Waals surface area contributed by atoms with Crippen LogP contribution < -0.4 is 0 Å². The summed E-state index contributed by atoms with van der Waals surface area (Å²) in [5, 5.41) is 9.91. The number of rotatable bonds is 3. The molecule has 1 amide bonds. The van der Waals surface area contributed by atoms with E-state index in [0.717, 1.165) is 11.3 Å². The van der Waals surface area contributed by atoms with E-state index in [2.05, 4.69) is 4.98 Å². The number of hydrogen-bond acceptors (Lipinski definition) is 3. The Hall–Kier alpha value is -2.40. The maximum Gasteiger partial charge on any atom is 0.336 e. The van der Waals surface area contributed by atoms with Crippen LogP contribution >= 0.6 is 11.6 Å². The summed E-state index contributed by atoms with van der Waals surface area (Å²) in [6, 6.07) is 8.63. The minimum absolute atomic E-state index is 0.0295. The molecule has 0 spiro atoms. The zero-order valence-electron chi connectivity index (χ0n) is 12.3. The maximum atomic E-state index is 12.5. The fourth-order valence-electron chi connectivity index (χ4n) is 2.74. The highest BCUT2D eigenvalue weighted by Crippen LogP contribution is 2.22. The van der Waals surface area contributed by atoms with Gasteiger partial charge < -0.3 is 10.0 Å². The van der Waals surface area contributed by atoms with Crippen LogP contribution in [0.5, 0.6) is 0 Å². The second-order valence-corrected chi connectivity index (χ2v) is 5.89. The summed E-state index contributed by atoms with van der Waals surface area (Å²) in [6.07, 6.45) is 2.35. The normalized spacial score (nSPS) is 13.5. The van der Waals surface area contributed by atoms with Crippen LogP contribution in [0.1, 0.15) is 27.2 Å². The van der Waals surface area contributed by atoms with E-state index in [4.69, 9.17) is 11.6 Å². The largest absolute Gasteiger partial charge is 0.478 e. The fourth-order valence-corrected chi connectivity index (χ4v) is 2.87. The van der Waals surface area contributed by atoms with Crippen molar-refractivity contribution in [3.05, 3.63) is 63.9 Å². The van der Waals surface area contributed by atoms with Crippen LogP contribution in [0.3, 0.4) is 0 Å². The molecule has 0 aliphatic carbocycles. The van der Waals surface area contributed by atoms with E-state index >= 15 is 0 Å².